The molecule has 0 unspecified atom stereocenters. The lowest BCUT2D eigenvalue weighted by molar-refractivity contribution is -0.123. The Labute approximate surface area is 116 Å². The Hall–Kier alpha value is -2.26. The number of nitrogens with zero attached hydrogens (tertiary/aromatic N) is 1. The summed E-state index contributed by atoms with van der Waals surface area (Å²) in [6.07, 6.45) is 0. The molecule has 0 aliphatic carbocycles. The van der Waals surface area contributed by atoms with Gasteiger partial charge in [-0.1, -0.05) is 12.1 Å². The van der Waals surface area contributed by atoms with Gasteiger partial charge >= 0.3 is 0 Å². The summed E-state index contributed by atoms with van der Waals surface area (Å²) in [5, 5.41) is 11.5. The fraction of sp³-hybridized carbons (Fsp3) is 0.357. The highest BCUT2D eigenvalue weighted by atomic mass is 19.1. The quantitative estimate of drug-likeness (QED) is 0.628. The van der Waals surface area contributed by atoms with E-state index in [0.717, 1.165) is 6.07 Å². The normalized spacial score (nSPS) is 13.1. The number of carbonyl (C=O) groups excluding carboxylic acids is 2. The highest BCUT2D eigenvalue weighted by Crippen LogP contribution is 2.11. The van der Waals surface area contributed by atoms with Crippen LogP contribution in [0.4, 0.5) is 4.39 Å². The summed E-state index contributed by atoms with van der Waals surface area (Å²) >= 11 is 0. The number of ether oxygens (including phenoxy) is 1. The zero-order valence-corrected chi connectivity index (χ0v) is 11.2. The van der Waals surface area contributed by atoms with Gasteiger partial charge in [-0.2, -0.15) is 5.26 Å². The van der Waals surface area contributed by atoms with E-state index >= 15 is 0 Å². The predicted molar refractivity (Wildman–Crippen MR) is 69.3 cm³/mol. The Morgan fingerprint density at radius 2 is 2.20 bits per heavy atom. The van der Waals surface area contributed by atoms with Crippen molar-refractivity contribution in [3.63, 3.8) is 0 Å². The second kappa shape index (κ2) is 7.36. The lowest BCUT2D eigenvalue weighted by Crippen LogP contribution is -2.41. The average molecular weight is 278 g/mol. The molecule has 0 aromatic heterocycles. The van der Waals surface area contributed by atoms with Crippen LogP contribution in [-0.4, -0.2) is 31.4 Å². The van der Waals surface area contributed by atoms with Gasteiger partial charge in [-0.05, 0) is 19.1 Å². The fourth-order valence-corrected chi connectivity index (χ4v) is 1.66. The molecule has 0 spiro atoms. The molecule has 1 rings (SSSR count). The molecule has 1 aromatic carbocycles. The number of nitrogens with one attached hydrogen (secondary N) is 1. The molecule has 0 fully saturated rings. The summed E-state index contributed by atoms with van der Waals surface area (Å²) in [6, 6.07) is 6.20. The first-order chi connectivity index (χ1) is 9.49. The van der Waals surface area contributed by atoms with E-state index < -0.39 is 23.4 Å². The summed E-state index contributed by atoms with van der Waals surface area (Å²) in [7, 11) is 1.47. The molecule has 106 valence electrons. The van der Waals surface area contributed by atoms with E-state index in [1.54, 1.807) is 13.0 Å². The molecule has 0 radical (unpaired) electrons. The SMILES string of the molecule is COC[C@H](C)NC(=O)[C@H](C#N)C(=O)c1cccc(F)c1. The van der Waals surface area contributed by atoms with Crippen molar-refractivity contribution in [3.8, 4) is 6.07 Å². The number of amides is 1. The predicted octanol–water partition coefficient (Wildman–Crippen LogP) is 1.30. The Morgan fingerprint density at radius 3 is 2.75 bits per heavy atom. The number of rotatable bonds is 6. The smallest absolute Gasteiger partial charge is 0.245 e. The Kier molecular flexibility index (Phi) is 5.81. The molecular weight excluding hydrogens is 263 g/mol. The van der Waals surface area contributed by atoms with E-state index in [0.29, 0.717) is 0 Å². The van der Waals surface area contributed by atoms with Crippen LogP contribution in [0.2, 0.25) is 0 Å². The minimum absolute atomic E-state index is 0.00825. The molecule has 6 heteroatoms. The molecule has 0 bridgehead atoms. The number of carbonyl (C=O) groups is 2. The van der Waals surface area contributed by atoms with Crippen LogP contribution in [0, 0.1) is 23.1 Å². The Balaban J connectivity index is 2.83. The van der Waals surface area contributed by atoms with E-state index in [2.05, 4.69) is 5.32 Å². The second-order valence-corrected chi connectivity index (χ2v) is 4.30. The molecule has 0 saturated carbocycles. The van der Waals surface area contributed by atoms with Gasteiger partial charge in [0, 0.05) is 18.7 Å². The molecule has 0 aliphatic heterocycles. The number of hydrogen-bond donors (Lipinski definition) is 1. The maximum Gasteiger partial charge on any atom is 0.245 e. The molecule has 2 atom stereocenters. The fourth-order valence-electron chi connectivity index (χ4n) is 1.66. The van der Waals surface area contributed by atoms with Gasteiger partial charge in [0.05, 0.1) is 12.7 Å². The van der Waals surface area contributed by atoms with E-state index in [1.165, 1.54) is 25.3 Å². The van der Waals surface area contributed by atoms with E-state index in [1.807, 2.05) is 0 Å². The topological polar surface area (TPSA) is 79.2 Å². The van der Waals surface area contributed by atoms with Gasteiger partial charge in [-0.3, -0.25) is 9.59 Å². The molecule has 0 aliphatic rings. The van der Waals surface area contributed by atoms with Gasteiger partial charge in [0.1, 0.15) is 5.82 Å². The van der Waals surface area contributed by atoms with Crippen LogP contribution in [0.5, 0.6) is 0 Å². The van der Waals surface area contributed by atoms with Crippen LogP contribution in [0.25, 0.3) is 0 Å². The summed E-state index contributed by atoms with van der Waals surface area (Å²) in [5.41, 5.74) is -0.00825. The van der Waals surface area contributed by atoms with Crippen molar-refractivity contribution in [1.82, 2.24) is 5.32 Å². The van der Waals surface area contributed by atoms with Crippen LogP contribution < -0.4 is 5.32 Å². The summed E-state index contributed by atoms with van der Waals surface area (Å²) in [6.45, 7) is 1.94. The van der Waals surface area contributed by atoms with Crippen molar-refractivity contribution in [3.05, 3.63) is 35.6 Å². The number of Topliss-reactive ketones (excluding diaryl/α,β-unsaturated/α-hetero) is 1. The Morgan fingerprint density at radius 1 is 1.50 bits per heavy atom. The molecular formula is C14H15FN2O3. The van der Waals surface area contributed by atoms with E-state index in [-0.39, 0.29) is 18.2 Å². The lowest BCUT2D eigenvalue weighted by atomic mass is 9.97. The second-order valence-electron chi connectivity index (χ2n) is 4.30. The van der Waals surface area contributed by atoms with Gasteiger partial charge in [0.25, 0.3) is 0 Å². The number of halogens is 1. The first-order valence-corrected chi connectivity index (χ1v) is 5.98. The number of hydrogen-bond acceptors (Lipinski definition) is 4. The maximum absolute atomic E-state index is 13.1. The number of nitriles is 1. The number of methoxy groups -OCH3 is 1. The molecule has 0 heterocycles. The van der Waals surface area contributed by atoms with Crippen molar-refractivity contribution in [2.24, 2.45) is 5.92 Å². The van der Waals surface area contributed by atoms with Crippen LogP contribution in [0.3, 0.4) is 0 Å². The number of benzene rings is 1. The van der Waals surface area contributed by atoms with E-state index in [4.69, 9.17) is 10.00 Å². The minimum Gasteiger partial charge on any atom is -0.383 e. The zero-order valence-electron chi connectivity index (χ0n) is 11.2. The summed E-state index contributed by atoms with van der Waals surface area (Å²) in [4.78, 5) is 23.9. The third kappa shape index (κ3) is 4.14. The first-order valence-electron chi connectivity index (χ1n) is 5.98. The number of ketones is 1. The molecule has 20 heavy (non-hydrogen) atoms. The standard InChI is InChI=1S/C14H15FN2O3/c1-9(8-20-2)17-14(19)12(7-16)13(18)10-4-3-5-11(15)6-10/h3-6,9,12H,8H2,1-2H3,(H,17,19)/t9-,12+/m0/s1. The van der Waals surface area contributed by atoms with Gasteiger partial charge < -0.3 is 10.1 Å². The molecule has 1 amide bonds. The van der Waals surface area contributed by atoms with Crippen molar-refractivity contribution < 1.29 is 18.7 Å². The minimum atomic E-state index is -1.50. The third-order valence-electron chi connectivity index (χ3n) is 2.57. The van der Waals surface area contributed by atoms with Gasteiger partial charge in [-0.15, -0.1) is 0 Å². The van der Waals surface area contributed by atoms with Gasteiger partial charge in [0.2, 0.25) is 5.91 Å². The van der Waals surface area contributed by atoms with Crippen LogP contribution in [0.15, 0.2) is 24.3 Å². The summed E-state index contributed by atoms with van der Waals surface area (Å²) < 4.78 is 17.9. The largest absolute Gasteiger partial charge is 0.383 e. The molecule has 0 saturated heterocycles. The molecule has 1 aromatic rings. The summed E-state index contributed by atoms with van der Waals surface area (Å²) in [5.74, 6) is -3.54. The monoisotopic (exact) mass is 278 g/mol. The molecule has 5 nitrogen and oxygen atoms in total. The lowest BCUT2D eigenvalue weighted by Gasteiger charge is -2.15. The van der Waals surface area contributed by atoms with Crippen molar-refractivity contribution in [2.75, 3.05) is 13.7 Å². The molecule has 1 N–H and O–H groups in total. The van der Waals surface area contributed by atoms with Crippen LogP contribution in [-0.2, 0) is 9.53 Å². The first kappa shape index (κ1) is 15.8. The maximum atomic E-state index is 13.1. The van der Waals surface area contributed by atoms with Gasteiger partial charge in [0.15, 0.2) is 11.7 Å². The zero-order chi connectivity index (χ0) is 15.1. The van der Waals surface area contributed by atoms with Crippen LogP contribution >= 0.6 is 0 Å². The average Bonchev–Trinajstić information content (AvgIpc) is 2.39. The highest BCUT2D eigenvalue weighted by Gasteiger charge is 2.28. The van der Waals surface area contributed by atoms with Gasteiger partial charge in [-0.25, -0.2) is 4.39 Å². The van der Waals surface area contributed by atoms with Crippen molar-refractivity contribution >= 4 is 11.7 Å². The third-order valence-corrected chi connectivity index (χ3v) is 2.57. The van der Waals surface area contributed by atoms with Crippen molar-refractivity contribution in [1.29, 1.82) is 5.26 Å². The van der Waals surface area contributed by atoms with Crippen molar-refractivity contribution in [2.45, 2.75) is 13.0 Å². The Bertz CT molecular complexity index is 539. The van der Waals surface area contributed by atoms with E-state index in [9.17, 15) is 14.0 Å². The highest BCUT2D eigenvalue weighted by molar-refractivity contribution is 6.12. The van der Waals surface area contributed by atoms with Crippen LogP contribution in [0.1, 0.15) is 17.3 Å².